The van der Waals surface area contributed by atoms with Crippen LogP contribution in [0.15, 0.2) is 42.5 Å². The molecule has 0 aliphatic heterocycles. The lowest BCUT2D eigenvalue weighted by Crippen LogP contribution is -2.17. The van der Waals surface area contributed by atoms with Crippen molar-refractivity contribution in [3.8, 4) is 11.5 Å². The molecule has 2 aromatic carbocycles. The molecule has 0 N–H and O–H groups in total. The van der Waals surface area contributed by atoms with Gasteiger partial charge in [0.15, 0.2) is 11.5 Å². The van der Waals surface area contributed by atoms with Crippen LogP contribution < -0.4 is 9.47 Å². The van der Waals surface area contributed by atoms with Gasteiger partial charge in [0.2, 0.25) is 0 Å². The second-order valence-electron chi connectivity index (χ2n) is 5.35. The molecule has 2 aromatic rings. The van der Waals surface area contributed by atoms with Gasteiger partial charge in [0, 0.05) is 13.1 Å². The van der Waals surface area contributed by atoms with Crippen molar-refractivity contribution in [1.29, 1.82) is 0 Å². The molecule has 0 aromatic heterocycles. The monoisotopic (exact) mass is 285 g/mol. The summed E-state index contributed by atoms with van der Waals surface area (Å²) in [4.78, 5) is 2.29. The Hall–Kier alpha value is -2.00. The van der Waals surface area contributed by atoms with E-state index >= 15 is 0 Å². The van der Waals surface area contributed by atoms with Crippen LogP contribution in [-0.4, -0.2) is 26.2 Å². The molecule has 0 radical (unpaired) electrons. The molecule has 0 fully saturated rings. The average Bonchev–Trinajstić information content (AvgIpc) is 2.47. The zero-order chi connectivity index (χ0) is 15.2. The Morgan fingerprint density at radius 3 is 2.14 bits per heavy atom. The van der Waals surface area contributed by atoms with Gasteiger partial charge >= 0.3 is 0 Å². The van der Waals surface area contributed by atoms with E-state index < -0.39 is 0 Å². The first-order chi connectivity index (χ1) is 10.1. The number of rotatable bonds is 6. The highest BCUT2D eigenvalue weighted by Crippen LogP contribution is 2.28. The van der Waals surface area contributed by atoms with Crippen LogP contribution in [0.4, 0.5) is 0 Å². The van der Waals surface area contributed by atoms with Gasteiger partial charge in [-0.1, -0.05) is 35.9 Å². The quantitative estimate of drug-likeness (QED) is 0.808. The first-order valence-corrected chi connectivity index (χ1v) is 7.07. The Morgan fingerprint density at radius 1 is 0.857 bits per heavy atom. The van der Waals surface area contributed by atoms with Crippen molar-refractivity contribution in [1.82, 2.24) is 4.90 Å². The standard InChI is InChI=1S/C18H23NO2/c1-14-6-5-7-15(10-14)12-19(2)13-16-8-9-17(20-3)18(11-16)21-4/h5-11H,12-13H2,1-4H3. The topological polar surface area (TPSA) is 21.7 Å². The number of hydrogen-bond acceptors (Lipinski definition) is 3. The van der Waals surface area contributed by atoms with E-state index in [2.05, 4.69) is 49.2 Å². The zero-order valence-electron chi connectivity index (χ0n) is 13.2. The summed E-state index contributed by atoms with van der Waals surface area (Å²) >= 11 is 0. The number of benzene rings is 2. The number of hydrogen-bond donors (Lipinski definition) is 0. The van der Waals surface area contributed by atoms with Crippen LogP contribution in [0.2, 0.25) is 0 Å². The van der Waals surface area contributed by atoms with E-state index in [9.17, 15) is 0 Å². The largest absolute Gasteiger partial charge is 0.493 e. The van der Waals surface area contributed by atoms with Gasteiger partial charge in [0.1, 0.15) is 0 Å². The molecule has 0 amide bonds. The zero-order valence-corrected chi connectivity index (χ0v) is 13.2. The van der Waals surface area contributed by atoms with Crippen molar-refractivity contribution in [2.24, 2.45) is 0 Å². The highest BCUT2D eigenvalue weighted by Gasteiger charge is 2.07. The summed E-state index contributed by atoms with van der Waals surface area (Å²) < 4.78 is 10.6. The van der Waals surface area contributed by atoms with Gasteiger partial charge < -0.3 is 9.47 Å². The Morgan fingerprint density at radius 2 is 1.52 bits per heavy atom. The third-order valence-corrected chi connectivity index (χ3v) is 3.44. The number of aryl methyl sites for hydroxylation is 1. The van der Waals surface area contributed by atoms with Crippen molar-refractivity contribution in [3.63, 3.8) is 0 Å². The maximum atomic E-state index is 5.35. The molecule has 0 atom stereocenters. The minimum atomic E-state index is 0.766. The van der Waals surface area contributed by atoms with E-state index in [4.69, 9.17) is 9.47 Å². The first-order valence-electron chi connectivity index (χ1n) is 7.07. The van der Waals surface area contributed by atoms with Crippen molar-refractivity contribution < 1.29 is 9.47 Å². The van der Waals surface area contributed by atoms with Crippen LogP contribution in [0.5, 0.6) is 11.5 Å². The molecule has 112 valence electrons. The predicted molar refractivity (Wildman–Crippen MR) is 85.9 cm³/mol. The Labute approximate surface area is 127 Å². The Balaban J connectivity index is 2.04. The number of methoxy groups -OCH3 is 2. The van der Waals surface area contributed by atoms with Gasteiger partial charge in [-0.3, -0.25) is 4.90 Å². The molecule has 3 nitrogen and oxygen atoms in total. The van der Waals surface area contributed by atoms with Gasteiger partial charge in [0.25, 0.3) is 0 Å². The molecule has 0 saturated carbocycles. The summed E-state index contributed by atoms with van der Waals surface area (Å²) in [5.41, 5.74) is 3.84. The highest BCUT2D eigenvalue weighted by molar-refractivity contribution is 5.42. The normalized spacial score (nSPS) is 10.7. The van der Waals surface area contributed by atoms with E-state index in [-0.39, 0.29) is 0 Å². The van der Waals surface area contributed by atoms with Crippen LogP contribution >= 0.6 is 0 Å². The van der Waals surface area contributed by atoms with Crippen LogP contribution in [0.1, 0.15) is 16.7 Å². The molecule has 0 saturated heterocycles. The lowest BCUT2D eigenvalue weighted by Gasteiger charge is -2.18. The molecule has 2 rings (SSSR count). The fourth-order valence-corrected chi connectivity index (χ4v) is 2.47. The maximum Gasteiger partial charge on any atom is 0.161 e. The molecular weight excluding hydrogens is 262 g/mol. The van der Waals surface area contributed by atoms with Crippen molar-refractivity contribution in [2.45, 2.75) is 20.0 Å². The Bertz CT molecular complexity index is 596. The van der Waals surface area contributed by atoms with Gasteiger partial charge in [-0.15, -0.1) is 0 Å². The molecule has 0 aliphatic carbocycles. The second kappa shape index (κ2) is 7.14. The maximum absolute atomic E-state index is 5.35. The molecule has 0 bridgehead atoms. The van der Waals surface area contributed by atoms with Crippen LogP contribution in [-0.2, 0) is 13.1 Å². The van der Waals surface area contributed by atoms with E-state index in [1.165, 1.54) is 16.7 Å². The van der Waals surface area contributed by atoms with E-state index in [1.807, 2.05) is 12.1 Å². The third-order valence-electron chi connectivity index (χ3n) is 3.44. The van der Waals surface area contributed by atoms with Gasteiger partial charge in [-0.25, -0.2) is 0 Å². The fraction of sp³-hybridized carbons (Fsp3) is 0.333. The van der Waals surface area contributed by atoms with Crippen molar-refractivity contribution >= 4 is 0 Å². The minimum absolute atomic E-state index is 0.766. The SMILES string of the molecule is COc1ccc(CN(C)Cc2cccc(C)c2)cc1OC. The van der Waals surface area contributed by atoms with Crippen LogP contribution in [0.3, 0.4) is 0 Å². The summed E-state index contributed by atoms with van der Waals surface area (Å²) in [5.74, 6) is 1.54. The summed E-state index contributed by atoms with van der Waals surface area (Å²) in [6, 6.07) is 14.7. The molecule has 0 aliphatic rings. The lowest BCUT2D eigenvalue weighted by atomic mass is 10.1. The highest BCUT2D eigenvalue weighted by atomic mass is 16.5. The fourth-order valence-electron chi connectivity index (χ4n) is 2.47. The molecule has 21 heavy (non-hydrogen) atoms. The number of ether oxygens (including phenoxy) is 2. The summed E-state index contributed by atoms with van der Waals surface area (Å²) in [6.45, 7) is 3.92. The summed E-state index contributed by atoms with van der Waals surface area (Å²) in [5, 5.41) is 0. The van der Waals surface area contributed by atoms with E-state index in [0.717, 1.165) is 24.6 Å². The Kier molecular flexibility index (Phi) is 5.23. The van der Waals surface area contributed by atoms with E-state index in [0.29, 0.717) is 0 Å². The first kappa shape index (κ1) is 15.4. The summed E-state index contributed by atoms with van der Waals surface area (Å²) in [7, 11) is 5.44. The van der Waals surface area contributed by atoms with Crippen molar-refractivity contribution in [2.75, 3.05) is 21.3 Å². The van der Waals surface area contributed by atoms with E-state index in [1.54, 1.807) is 14.2 Å². The van der Waals surface area contributed by atoms with Crippen molar-refractivity contribution in [3.05, 3.63) is 59.2 Å². The van der Waals surface area contributed by atoms with Gasteiger partial charge in [-0.2, -0.15) is 0 Å². The minimum Gasteiger partial charge on any atom is -0.493 e. The predicted octanol–water partition coefficient (Wildman–Crippen LogP) is 3.64. The molecule has 0 unspecified atom stereocenters. The third kappa shape index (κ3) is 4.23. The molecular formula is C18H23NO2. The molecule has 3 heteroatoms. The lowest BCUT2D eigenvalue weighted by molar-refractivity contribution is 0.316. The van der Waals surface area contributed by atoms with Crippen LogP contribution in [0.25, 0.3) is 0 Å². The number of nitrogens with zero attached hydrogens (tertiary/aromatic N) is 1. The summed E-state index contributed by atoms with van der Waals surface area (Å²) in [6.07, 6.45) is 0. The molecule has 0 heterocycles. The average molecular weight is 285 g/mol. The molecule has 0 spiro atoms. The van der Waals surface area contributed by atoms with Gasteiger partial charge in [-0.05, 0) is 37.2 Å². The van der Waals surface area contributed by atoms with Crippen LogP contribution in [0, 0.1) is 6.92 Å². The van der Waals surface area contributed by atoms with Gasteiger partial charge in [0.05, 0.1) is 14.2 Å². The smallest absolute Gasteiger partial charge is 0.161 e. The second-order valence-corrected chi connectivity index (χ2v) is 5.35.